The summed E-state index contributed by atoms with van der Waals surface area (Å²) in [5, 5.41) is 4.29. The molecular formula is C26H26N2O. The molecule has 1 amide bonds. The molecule has 4 rings (SSSR count). The first-order valence-corrected chi connectivity index (χ1v) is 10.0. The molecule has 1 aromatic heterocycles. The van der Waals surface area contributed by atoms with Gasteiger partial charge in [0.1, 0.15) is 0 Å². The maximum absolute atomic E-state index is 12.9. The summed E-state index contributed by atoms with van der Waals surface area (Å²) >= 11 is 0. The van der Waals surface area contributed by atoms with Crippen LogP contribution in [0.3, 0.4) is 0 Å². The Morgan fingerprint density at radius 2 is 1.62 bits per heavy atom. The maximum atomic E-state index is 12.9. The summed E-state index contributed by atoms with van der Waals surface area (Å²) in [6.07, 6.45) is 2.59. The molecule has 4 aromatic rings. The minimum absolute atomic E-state index is 0.0115. The summed E-state index contributed by atoms with van der Waals surface area (Å²) in [5.74, 6) is 0.0739. The monoisotopic (exact) mass is 382 g/mol. The SMILES string of the molecule is Cc1ccc(C(CC(=O)NCc2ccccc2)c2cn(C)c3ccccc23)cc1. The lowest BCUT2D eigenvalue weighted by Gasteiger charge is -2.18. The highest BCUT2D eigenvalue weighted by Gasteiger charge is 2.22. The van der Waals surface area contributed by atoms with Gasteiger partial charge in [0.05, 0.1) is 0 Å². The predicted octanol–water partition coefficient (Wildman–Crippen LogP) is 5.33. The normalized spacial score (nSPS) is 12.1. The molecule has 0 aliphatic heterocycles. The third-order valence-corrected chi connectivity index (χ3v) is 5.50. The Morgan fingerprint density at radius 1 is 0.931 bits per heavy atom. The molecule has 1 N–H and O–H groups in total. The number of rotatable bonds is 6. The largest absolute Gasteiger partial charge is 0.352 e. The lowest BCUT2D eigenvalue weighted by molar-refractivity contribution is -0.121. The molecule has 0 aliphatic carbocycles. The van der Waals surface area contributed by atoms with E-state index in [1.165, 1.54) is 27.6 Å². The molecule has 0 saturated heterocycles. The molecule has 0 bridgehead atoms. The van der Waals surface area contributed by atoms with Gasteiger partial charge in [0, 0.05) is 43.0 Å². The summed E-state index contributed by atoms with van der Waals surface area (Å²) in [6, 6.07) is 27.0. The van der Waals surface area contributed by atoms with Gasteiger partial charge < -0.3 is 9.88 Å². The van der Waals surface area contributed by atoms with Gasteiger partial charge in [0.25, 0.3) is 0 Å². The highest BCUT2D eigenvalue weighted by Crippen LogP contribution is 2.34. The second-order valence-corrected chi connectivity index (χ2v) is 7.64. The van der Waals surface area contributed by atoms with Crippen LogP contribution in [-0.2, 0) is 18.4 Å². The first kappa shape index (κ1) is 19.0. The molecule has 146 valence electrons. The van der Waals surface area contributed by atoms with Crippen LogP contribution in [0.5, 0.6) is 0 Å². The Morgan fingerprint density at radius 3 is 2.38 bits per heavy atom. The van der Waals surface area contributed by atoms with Crippen LogP contribution < -0.4 is 5.32 Å². The summed E-state index contributed by atoms with van der Waals surface area (Å²) in [4.78, 5) is 12.9. The summed E-state index contributed by atoms with van der Waals surface area (Å²) in [5.41, 5.74) is 5.88. The number of nitrogens with zero attached hydrogens (tertiary/aromatic N) is 1. The zero-order valence-electron chi connectivity index (χ0n) is 16.9. The maximum Gasteiger partial charge on any atom is 0.221 e. The number of para-hydroxylation sites is 1. The molecule has 0 spiro atoms. The van der Waals surface area contributed by atoms with Gasteiger partial charge in [0.15, 0.2) is 0 Å². The van der Waals surface area contributed by atoms with Gasteiger partial charge in [-0.1, -0.05) is 78.4 Å². The zero-order chi connectivity index (χ0) is 20.2. The van der Waals surface area contributed by atoms with Crippen molar-refractivity contribution < 1.29 is 4.79 Å². The van der Waals surface area contributed by atoms with E-state index in [1.807, 2.05) is 30.3 Å². The lowest BCUT2D eigenvalue weighted by Crippen LogP contribution is -2.25. The van der Waals surface area contributed by atoms with E-state index in [4.69, 9.17) is 0 Å². The lowest BCUT2D eigenvalue weighted by atomic mass is 9.87. The van der Waals surface area contributed by atoms with Gasteiger partial charge in [-0.25, -0.2) is 0 Å². The van der Waals surface area contributed by atoms with Gasteiger partial charge in [-0.2, -0.15) is 0 Å². The summed E-state index contributed by atoms with van der Waals surface area (Å²) in [6.45, 7) is 2.64. The number of aryl methyl sites for hydroxylation is 2. The molecule has 0 radical (unpaired) electrons. The van der Waals surface area contributed by atoms with Gasteiger partial charge >= 0.3 is 0 Å². The van der Waals surface area contributed by atoms with E-state index in [9.17, 15) is 4.79 Å². The predicted molar refractivity (Wildman–Crippen MR) is 119 cm³/mol. The van der Waals surface area contributed by atoms with Crippen LogP contribution in [-0.4, -0.2) is 10.5 Å². The Balaban J connectivity index is 1.63. The number of benzene rings is 3. The number of carbonyl (C=O) groups is 1. The fraction of sp³-hybridized carbons (Fsp3) is 0.192. The quantitative estimate of drug-likeness (QED) is 0.481. The minimum atomic E-state index is 0.0115. The Hall–Kier alpha value is -3.33. The topological polar surface area (TPSA) is 34.0 Å². The van der Waals surface area contributed by atoms with Crippen LogP contribution in [0, 0.1) is 6.92 Å². The van der Waals surface area contributed by atoms with Crippen LogP contribution in [0.15, 0.2) is 85.1 Å². The average molecular weight is 383 g/mol. The van der Waals surface area contributed by atoms with E-state index >= 15 is 0 Å². The fourth-order valence-corrected chi connectivity index (χ4v) is 3.91. The molecule has 3 aromatic carbocycles. The van der Waals surface area contributed by atoms with Crippen molar-refractivity contribution in [1.82, 2.24) is 9.88 Å². The fourth-order valence-electron chi connectivity index (χ4n) is 3.91. The summed E-state index contributed by atoms with van der Waals surface area (Å²) < 4.78 is 2.15. The van der Waals surface area contributed by atoms with Gasteiger partial charge in [-0.3, -0.25) is 4.79 Å². The molecule has 0 aliphatic rings. The van der Waals surface area contributed by atoms with Crippen molar-refractivity contribution in [2.75, 3.05) is 0 Å². The number of hydrogen-bond acceptors (Lipinski definition) is 1. The van der Waals surface area contributed by atoms with Crippen LogP contribution in [0.2, 0.25) is 0 Å². The number of hydrogen-bond donors (Lipinski definition) is 1. The standard InChI is InChI=1S/C26H26N2O/c1-19-12-14-21(15-13-19)23(16-26(29)27-17-20-8-4-3-5-9-20)24-18-28(2)25-11-7-6-10-22(24)25/h3-15,18,23H,16-17H2,1-2H3,(H,27,29). The molecule has 1 heterocycles. The van der Waals surface area contributed by atoms with Crippen molar-refractivity contribution in [1.29, 1.82) is 0 Å². The molecule has 1 atom stereocenters. The Labute approximate surface area is 172 Å². The van der Waals surface area contributed by atoms with E-state index in [0.717, 1.165) is 5.56 Å². The van der Waals surface area contributed by atoms with Crippen molar-refractivity contribution >= 4 is 16.8 Å². The van der Waals surface area contributed by atoms with Gasteiger partial charge in [-0.05, 0) is 29.7 Å². The first-order chi connectivity index (χ1) is 14.1. The number of fused-ring (bicyclic) bond motifs is 1. The molecular weight excluding hydrogens is 356 g/mol. The Bertz CT molecular complexity index is 1110. The van der Waals surface area contributed by atoms with E-state index in [-0.39, 0.29) is 11.8 Å². The van der Waals surface area contributed by atoms with Crippen molar-refractivity contribution in [3.05, 3.63) is 107 Å². The summed E-state index contributed by atoms with van der Waals surface area (Å²) in [7, 11) is 2.06. The van der Waals surface area contributed by atoms with E-state index in [0.29, 0.717) is 13.0 Å². The average Bonchev–Trinajstić information content (AvgIpc) is 3.09. The van der Waals surface area contributed by atoms with Crippen molar-refractivity contribution in [3.63, 3.8) is 0 Å². The molecule has 0 fully saturated rings. The number of carbonyl (C=O) groups excluding carboxylic acids is 1. The van der Waals surface area contributed by atoms with Crippen molar-refractivity contribution in [3.8, 4) is 0 Å². The van der Waals surface area contributed by atoms with E-state index < -0.39 is 0 Å². The van der Waals surface area contributed by atoms with Crippen molar-refractivity contribution in [2.45, 2.75) is 25.8 Å². The Kier molecular flexibility index (Phi) is 5.48. The third kappa shape index (κ3) is 4.24. The number of amides is 1. The highest BCUT2D eigenvalue weighted by molar-refractivity contribution is 5.86. The van der Waals surface area contributed by atoms with Gasteiger partial charge in [-0.15, -0.1) is 0 Å². The molecule has 1 unspecified atom stereocenters. The third-order valence-electron chi connectivity index (χ3n) is 5.50. The highest BCUT2D eigenvalue weighted by atomic mass is 16.1. The van der Waals surface area contributed by atoms with Crippen molar-refractivity contribution in [2.24, 2.45) is 7.05 Å². The zero-order valence-corrected chi connectivity index (χ0v) is 16.9. The second kappa shape index (κ2) is 8.36. The number of nitrogens with one attached hydrogen (secondary N) is 1. The molecule has 0 saturated carbocycles. The molecule has 3 heteroatoms. The van der Waals surface area contributed by atoms with Gasteiger partial charge in [0.2, 0.25) is 5.91 Å². The smallest absolute Gasteiger partial charge is 0.221 e. The van der Waals surface area contributed by atoms with E-state index in [2.05, 4.69) is 78.6 Å². The molecule has 29 heavy (non-hydrogen) atoms. The van der Waals surface area contributed by atoms with E-state index in [1.54, 1.807) is 0 Å². The van der Waals surface area contributed by atoms with Crippen LogP contribution in [0.4, 0.5) is 0 Å². The number of aromatic nitrogens is 1. The first-order valence-electron chi connectivity index (χ1n) is 10.0. The minimum Gasteiger partial charge on any atom is -0.352 e. The van der Waals surface area contributed by atoms with Crippen LogP contribution in [0.1, 0.15) is 34.6 Å². The molecule has 3 nitrogen and oxygen atoms in total. The van der Waals surface area contributed by atoms with Crippen LogP contribution in [0.25, 0.3) is 10.9 Å². The second-order valence-electron chi connectivity index (χ2n) is 7.64. The van der Waals surface area contributed by atoms with Crippen LogP contribution >= 0.6 is 0 Å².